The van der Waals surface area contributed by atoms with Crippen molar-refractivity contribution in [3.8, 4) is 0 Å². The van der Waals surface area contributed by atoms with Crippen LogP contribution in [0.2, 0.25) is 0 Å². The van der Waals surface area contributed by atoms with Crippen LogP contribution in [0, 0.1) is 0 Å². The monoisotopic (exact) mass is 260 g/mol. The highest BCUT2D eigenvalue weighted by molar-refractivity contribution is 7.07. The van der Waals surface area contributed by atoms with Gasteiger partial charge in [-0.25, -0.2) is 4.79 Å². The molecule has 0 unspecified atom stereocenters. The van der Waals surface area contributed by atoms with E-state index in [1.807, 2.05) is 35.7 Å². The standard InChI is InChI=1S/C14H16N2OS/c17-14(15-8-6-13-7-9-18-11-13)16-10-12-4-2-1-3-5-12/h1-5,7,9,11H,6,8,10H2,(H2,15,16,17). The quantitative estimate of drug-likeness (QED) is 0.852. The first kappa shape index (κ1) is 12.6. The Morgan fingerprint density at radius 2 is 1.89 bits per heavy atom. The Balaban J connectivity index is 1.63. The number of nitrogens with one attached hydrogen (secondary N) is 2. The van der Waals surface area contributed by atoms with Gasteiger partial charge in [0, 0.05) is 13.1 Å². The highest BCUT2D eigenvalue weighted by atomic mass is 32.1. The van der Waals surface area contributed by atoms with Gasteiger partial charge >= 0.3 is 6.03 Å². The van der Waals surface area contributed by atoms with Gasteiger partial charge < -0.3 is 10.6 Å². The van der Waals surface area contributed by atoms with Crippen LogP contribution in [0.25, 0.3) is 0 Å². The molecule has 1 aromatic heterocycles. The van der Waals surface area contributed by atoms with E-state index in [0.29, 0.717) is 13.1 Å². The van der Waals surface area contributed by atoms with Crippen LogP contribution in [-0.4, -0.2) is 12.6 Å². The number of amides is 2. The van der Waals surface area contributed by atoms with Crippen LogP contribution >= 0.6 is 11.3 Å². The maximum atomic E-state index is 11.5. The second-order valence-electron chi connectivity index (χ2n) is 3.98. The van der Waals surface area contributed by atoms with Crippen molar-refractivity contribution in [2.45, 2.75) is 13.0 Å². The van der Waals surface area contributed by atoms with Gasteiger partial charge in [0.25, 0.3) is 0 Å². The lowest BCUT2D eigenvalue weighted by Gasteiger charge is -2.07. The first-order valence-corrected chi connectivity index (χ1v) is 6.85. The minimum atomic E-state index is -0.117. The fourth-order valence-electron chi connectivity index (χ4n) is 1.60. The number of carbonyl (C=O) groups is 1. The van der Waals surface area contributed by atoms with Crippen LogP contribution in [0.1, 0.15) is 11.1 Å². The number of hydrogen-bond donors (Lipinski definition) is 2. The van der Waals surface area contributed by atoms with Crippen molar-refractivity contribution in [1.82, 2.24) is 10.6 Å². The second-order valence-corrected chi connectivity index (χ2v) is 4.76. The summed E-state index contributed by atoms with van der Waals surface area (Å²) in [6.07, 6.45) is 0.877. The summed E-state index contributed by atoms with van der Waals surface area (Å²) in [7, 11) is 0. The van der Waals surface area contributed by atoms with Crippen LogP contribution in [0.15, 0.2) is 47.2 Å². The molecule has 0 bridgehead atoms. The summed E-state index contributed by atoms with van der Waals surface area (Å²) in [5, 5.41) is 9.82. The van der Waals surface area contributed by atoms with Crippen LogP contribution in [0.5, 0.6) is 0 Å². The smallest absolute Gasteiger partial charge is 0.315 e. The van der Waals surface area contributed by atoms with Gasteiger partial charge in [0.1, 0.15) is 0 Å². The van der Waals surface area contributed by atoms with Crippen molar-refractivity contribution < 1.29 is 4.79 Å². The van der Waals surface area contributed by atoms with Gasteiger partial charge in [-0.05, 0) is 34.4 Å². The Bertz CT molecular complexity index is 468. The number of hydrogen-bond acceptors (Lipinski definition) is 2. The molecule has 0 spiro atoms. The molecule has 0 saturated heterocycles. The minimum absolute atomic E-state index is 0.117. The maximum absolute atomic E-state index is 11.5. The highest BCUT2D eigenvalue weighted by Gasteiger charge is 2.00. The Hall–Kier alpha value is -1.81. The molecule has 94 valence electrons. The Labute approximate surface area is 111 Å². The summed E-state index contributed by atoms with van der Waals surface area (Å²) in [5.74, 6) is 0. The molecule has 0 aliphatic carbocycles. The molecule has 2 N–H and O–H groups in total. The molecule has 0 aliphatic rings. The second kappa shape index (κ2) is 6.81. The summed E-state index contributed by atoms with van der Waals surface area (Å²) in [5.41, 5.74) is 2.37. The molecular formula is C14H16N2OS. The van der Waals surface area contributed by atoms with Crippen molar-refractivity contribution in [3.63, 3.8) is 0 Å². The first-order valence-electron chi connectivity index (χ1n) is 5.91. The molecule has 3 nitrogen and oxygen atoms in total. The van der Waals surface area contributed by atoms with Gasteiger partial charge in [-0.1, -0.05) is 30.3 Å². The lowest BCUT2D eigenvalue weighted by Crippen LogP contribution is -2.36. The number of thiophene rings is 1. The molecule has 0 fully saturated rings. The van der Waals surface area contributed by atoms with E-state index in [-0.39, 0.29) is 6.03 Å². The topological polar surface area (TPSA) is 41.1 Å². The zero-order valence-electron chi connectivity index (χ0n) is 10.1. The van der Waals surface area contributed by atoms with Gasteiger partial charge in [-0.2, -0.15) is 11.3 Å². The highest BCUT2D eigenvalue weighted by Crippen LogP contribution is 2.05. The fraction of sp³-hybridized carbons (Fsp3) is 0.214. The normalized spacial score (nSPS) is 10.0. The molecule has 1 aromatic carbocycles. The molecule has 1 heterocycles. The molecule has 2 rings (SSSR count). The predicted octanol–water partition coefficient (Wildman–Crippen LogP) is 2.79. The van der Waals surface area contributed by atoms with E-state index in [1.165, 1.54) is 5.56 Å². The SMILES string of the molecule is O=C(NCCc1ccsc1)NCc1ccccc1. The van der Waals surface area contributed by atoms with E-state index < -0.39 is 0 Å². The average molecular weight is 260 g/mol. The van der Waals surface area contributed by atoms with Gasteiger partial charge in [0.15, 0.2) is 0 Å². The van der Waals surface area contributed by atoms with Crippen LogP contribution in [-0.2, 0) is 13.0 Å². The first-order chi connectivity index (χ1) is 8.84. The van der Waals surface area contributed by atoms with Gasteiger partial charge in [-0.15, -0.1) is 0 Å². The third kappa shape index (κ3) is 4.22. The number of urea groups is 1. The average Bonchev–Trinajstić information content (AvgIpc) is 2.91. The van der Waals surface area contributed by atoms with E-state index in [4.69, 9.17) is 0 Å². The summed E-state index contributed by atoms with van der Waals surface area (Å²) >= 11 is 1.68. The fourth-order valence-corrected chi connectivity index (χ4v) is 2.30. The maximum Gasteiger partial charge on any atom is 0.315 e. The predicted molar refractivity (Wildman–Crippen MR) is 74.7 cm³/mol. The zero-order chi connectivity index (χ0) is 12.6. The van der Waals surface area contributed by atoms with E-state index in [1.54, 1.807) is 11.3 Å². The van der Waals surface area contributed by atoms with Crippen molar-refractivity contribution in [1.29, 1.82) is 0 Å². The van der Waals surface area contributed by atoms with Crippen molar-refractivity contribution in [2.24, 2.45) is 0 Å². The van der Waals surface area contributed by atoms with Crippen LogP contribution in [0.3, 0.4) is 0 Å². The molecule has 2 aromatic rings. The van der Waals surface area contributed by atoms with Crippen molar-refractivity contribution in [2.75, 3.05) is 6.54 Å². The van der Waals surface area contributed by atoms with Crippen LogP contribution in [0.4, 0.5) is 4.79 Å². The largest absolute Gasteiger partial charge is 0.338 e. The lowest BCUT2D eigenvalue weighted by atomic mass is 10.2. The summed E-state index contributed by atoms with van der Waals surface area (Å²) in [6, 6.07) is 11.8. The molecular weight excluding hydrogens is 244 g/mol. The lowest BCUT2D eigenvalue weighted by molar-refractivity contribution is 0.240. The third-order valence-electron chi connectivity index (χ3n) is 2.58. The Kier molecular flexibility index (Phi) is 4.78. The molecule has 0 saturated carbocycles. The van der Waals surface area contributed by atoms with E-state index in [2.05, 4.69) is 22.1 Å². The van der Waals surface area contributed by atoms with E-state index in [9.17, 15) is 4.79 Å². The zero-order valence-corrected chi connectivity index (χ0v) is 10.9. The Morgan fingerprint density at radius 1 is 1.06 bits per heavy atom. The van der Waals surface area contributed by atoms with Gasteiger partial charge in [-0.3, -0.25) is 0 Å². The van der Waals surface area contributed by atoms with Crippen molar-refractivity contribution in [3.05, 3.63) is 58.3 Å². The molecule has 0 radical (unpaired) electrons. The molecule has 0 atom stereocenters. The summed E-state index contributed by atoms with van der Waals surface area (Å²) in [6.45, 7) is 1.22. The minimum Gasteiger partial charge on any atom is -0.338 e. The molecule has 4 heteroatoms. The summed E-state index contributed by atoms with van der Waals surface area (Å²) < 4.78 is 0. The summed E-state index contributed by atoms with van der Waals surface area (Å²) in [4.78, 5) is 11.5. The van der Waals surface area contributed by atoms with E-state index >= 15 is 0 Å². The van der Waals surface area contributed by atoms with Crippen LogP contribution < -0.4 is 10.6 Å². The van der Waals surface area contributed by atoms with E-state index in [0.717, 1.165) is 12.0 Å². The Morgan fingerprint density at radius 3 is 2.61 bits per heavy atom. The molecule has 18 heavy (non-hydrogen) atoms. The van der Waals surface area contributed by atoms with Crippen molar-refractivity contribution >= 4 is 17.4 Å². The molecule has 2 amide bonds. The van der Waals surface area contributed by atoms with Gasteiger partial charge in [0.2, 0.25) is 0 Å². The third-order valence-corrected chi connectivity index (χ3v) is 3.31. The number of rotatable bonds is 5. The molecule has 0 aliphatic heterocycles. The number of carbonyl (C=O) groups excluding carboxylic acids is 1. The number of benzene rings is 1. The van der Waals surface area contributed by atoms with Gasteiger partial charge in [0.05, 0.1) is 0 Å².